The van der Waals surface area contributed by atoms with Crippen molar-refractivity contribution < 1.29 is 19.4 Å². The van der Waals surface area contributed by atoms with E-state index in [0.29, 0.717) is 24.5 Å². The number of carboxylic acid groups (broad SMARTS) is 1. The fraction of sp³-hybridized carbons (Fsp3) is 0.417. The molecule has 5 nitrogen and oxygen atoms in total. The molecule has 0 radical (unpaired) electrons. The number of ether oxygens (including phenoxy) is 2. The first-order chi connectivity index (χ1) is 8.08. The number of aryl methyl sites for hydroxylation is 1. The topological polar surface area (TPSA) is 81.8 Å². The summed E-state index contributed by atoms with van der Waals surface area (Å²) in [5.41, 5.74) is 6.77. The van der Waals surface area contributed by atoms with E-state index < -0.39 is 5.97 Å². The van der Waals surface area contributed by atoms with E-state index in [1.807, 2.05) is 0 Å². The smallest absolute Gasteiger partial charge is 0.337 e. The maximum Gasteiger partial charge on any atom is 0.337 e. The molecule has 1 aromatic carbocycles. The lowest BCUT2D eigenvalue weighted by atomic mass is 10.1. The Kier molecular flexibility index (Phi) is 3.19. The van der Waals surface area contributed by atoms with Gasteiger partial charge in [0.15, 0.2) is 0 Å². The molecule has 1 aromatic rings. The number of nitrogens with two attached hydrogens (primary N) is 1. The average Bonchev–Trinajstić information content (AvgIpc) is 2.75. The molecule has 1 heterocycles. The van der Waals surface area contributed by atoms with Gasteiger partial charge in [-0.25, -0.2) is 4.79 Å². The van der Waals surface area contributed by atoms with E-state index in [9.17, 15) is 4.79 Å². The van der Waals surface area contributed by atoms with Crippen LogP contribution in [0.5, 0.6) is 5.75 Å². The summed E-state index contributed by atoms with van der Waals surface area (Å²) in [4.78, 5) is 11.0. The minimum atomic E-state index is -1.04. The predicted molar refractivity (Wildman–Crippen MR) is 62.4 cm³/mol. The van der Waals surface area contributed by atoms with Crippen LogP contribution in [0.2, 0.25) is 0 Å². The highest BCUT2D eigenvalue weighted by Gasteiger charge is 2.19. The third-order valence-corrected chi connectivity index (χ3v) is 2.78. The number of hydrogen-bond acceptors (Lipinski definition) is 4. The third-order valence-electron chi connectivity index (χ3n) is 2.78. The summed E-state index contributed by atoms with van der Waals surface area (Å²) >= 11 is 0. The lowest BCUT2D eigenvalue weighted by Crippen LogP contribution is -2.16. The van der Waals surface area contributed by atoms with Crippen LogP contribution in [-0.2, 0) is 4.74 Å². The molecular weight excluding hydrogens is 222 g/mol. The Morgan fingerprint density at radius 1 is 1.59 bits per heavy atom. The summed E-state index contributed by atoms with van der Waals surface area (Å²) in [5.74, 6) is -0.511. The summed E-state index contributed by atoms with van der Waals surface area (Å²) in [6, 6.07) is 3.21. The Balaban J connectivity index is 2.25. The molecule has 92 valence electrons. The quantitative estimate of drug-likeness (QED) is 0.777. The number of aromatic carboxylic acids is 1. The molecule has 0 aliphatic carbocycles. The van der Waals surface area contributed by atoms with Gasteiger partial charge in [-0.2, -0.15) is 0 Å². The maximum absolute atomic E-state index is 11.0. The lowest BCUT2D eigenvalue weighted by Gasteiger charge is -2.14. The molecule has 1 atom stereocenters. The lowest BCUT2D eigenvalue weighted by molar-refractivity contribution is 0.0697. The van der Waals surface area contributed by atoms with Gasteiger partial charge in [-0.3, -0.25) is 0 Å². The van der Waals surface area contributed by atoms with Gasteiger partial charge in [-0.1, -0.05) is 0 Å². The summed E-state index contributed by atoms with van der Waals surface area (Å²) in [7, 11) is 0. The zero-order chi connectivity index (χ0) is 12.4. The molecule has 3 N–H and O–H groups in total. The first kappa shape index (κ1) is 11.7. The van der Waals surface area contributed by atoms with Crippen LogP contribution in [0.25, 0.3) is 0 Å². The van der Waals surface area contributed by atoms with Gasteiger partial charge in [-0.15, -0.1) is 0 Å². The van der Waals surface area contributed by atoms with Crippen LogP contribution < -0.4 is 10.5 Å². The van der Waals surface area contributed by atoms with Gasteiger partial charge in [-0.05, 0) is 24.6 Å². The molecule has 0 bridgehead atoms. The van der Waals surface area contributed by atoms with Crippen LogP contribution in [0.15, 0.2) is 12.1 Å². The molecular formula is C12H15NO4. The number of carboxylic acids is 1. The molecule has 1 aliphatic heterocycles. The molecule has 1 saturated heterocycles. The number of carbonyl (C=O) groups is 1. The number of nitrogen functional groups attached to an aromatic ring is 1. The molecule has 2 rings (SSSR count). The second-order valence-corrected chi connectivity index (χ2v) is 4.11. The van der Waals surface area contributed by atoms with Gasteiger partial charge >= 0.3 is 5.97 Å². The predicted octanol–water partition coefficient (Wildman–Crippen LogP) is 1.44. The average molecular weight is 237 g/mol. The van der Waals surface area contributed by atoms with Crippen LogP contribution in [0.3, 0.4) is 0 Å². The molecule has 0 amide bonds. The summed E-state index contributed by atoms with van der Waals surface area (Å²) in [6.07, 6.45) is 0.825. The molecule has 0 saturated carbocycles. The number of rotatable bonds is 3. The van der Waals surface area contributed by atoms with Gasteiger partial charge in [0.05, 0.1) is 18.8 Å². The van der Waals surface area contributed by atoms with Crippen LogP contribution in [-0.4, -0.2) is 30.4 Å². The van der Waals surface area contributed by atoms with Gasteiger partial charge in [0, 0.05) is 12.1 Å². The zero-order valence-electron chi connectivity index (χ0n) is 9.60. The second-order valence-electron chi connectivity index (χ2n) is 4.11. The second kappa shape index (κ2) is 4.63. The highest BCUT2D eigenvalue weighted by molar-refractivity contribution is 5.95. The zero-order valence-corrected chi connectivity index (χ0v) is 9.60. The molecule has 0 spiro atoms. The van der Waals surface area contributed by atoms with E-state index in [2.05, 4.69) is 0 Å². The minimum Gasteiger partial charge on any atom is -0.488 e. The van der Waals surface area contributed by atoms with E-state index >= 15 is 0 Å². The number of benzene rings is 1. The van der Waals surface area contributed by atoms with Crippen molar-refractivity contribution in [1.82, 2.24) is 0 Å². The maximum atomic E-state index is 11.0. The van der Waals surface area contributed by atoms with E-state index in [1.54, 1.807) is 13.0 Å². The SMILES string of the molecule is Cc1cc(OC2CCOC2)cc(C(=O)O)c1N. The van der Waals surface area contributed by atoms with Crippen molar-refractivity contribution in [3.8, 4) is 5.75 Å². The van der Waals surface area contributed by atoms with Gasteiger partial charge < -0.3 is 20.3 Å². The van der Waals surface area contributed by atoms with E-state index in [1.165, 1.54) is 6.07 Å². The van der Waals surface area contributed by atoms with Crippen LogP contribution >= 0.6 is 0 Å². The monoisotopic (exact) mass is 237 g/mol. The first-order valence-electron chi connectivity index (χ1n) is 5.45. The van der Waals surface area contributed by atoms with Crippen molar-refractivity contribution in [2.75, 3.05) is 18.9 Å². The fourth-order valence-corrected chi connectivity index (χ4v) is 1.81. The van der Waals surface area contributed by atoms with E-state index in [0.717, 1.165) is 6.42 Å². The fourth-order valence-electron chi connectivity index (χ4n) is 1.81. The van der Waals surface area contributed by atoms with Gasteiger partial charge in [0.2, 0.25) is 0 Å². The molecule has 5 heteroatoms. The summed E-state index contributed by atoms with van der Waals surface area (Å²) in [6.45, 7) is 3.00. The first-order valence-corrected chi connectivity index (χ1v) is 5.45. The van der Waals surface area contributed by atoms with E-state index in [4.69, 9.17) is 20.3 Å². The van der Waals surface area contributed by atoms with Crippen LogP contribution in [0, 0.1) is 6.92 Å². The highest BCUT2D eigenvalue weighted by atomic mass is 16.5. The third kappa shape index (κ3) is 2.50. The number of anilines is 1. The van der Waals surface area contributed by atoms with Crippen molar-refractivity contribution in [3.05, 3.63) is 23.3 Å². The Bertz CT molecular complexity index is 438. The number of hydrogen-bond donors (Lipinski definition) is 2. The Morgan fingerprint density at radius 3 is 2.94 bits per heavy atom. The molecule has 1 unspecified atom stereocenters. The Morgan fingerprint density at radius 2 is 2.35 bits per heavy atom. The summed E-state index contributed by atoms with van der Waals surface area (Å²) < 4.78 is 10.9. The molecule has 1 aliphatic rings. The Labute approximate surface area is 99.1 Å². The van der Waals surface area contributed by atoms with Gasteiger partial charge in [0.25, 0.3) is 0 Å². The molecule has 1 fully saturated rings. The largest absolute Gasteiger partial charge is 0.488 e. The van der Waals surface area contributed by atoms with Crippen LogP contribution in [0.4, 0.5) is 5.69 Å². The van der Waals surface area contributed by atoms with Gasteiger partial charge in [0.1, 0.15) is 11.9 Å². The Hall–Kier alpha value is -1.75. The van der Waals surface area contributed by atoms with Crippen molar-refractivity contribution in [1.29, 1.82) is 0 Å². The van der Waals surface area contributed by atoms with Crippen LogP contribution in [0.1, 0.15) is 22.3 Å². The van der Waals surface area contributed by atoms with Crippen molar-refractivity contribution >= 4 is 11.7 Å². The molecule has 0 aromatic heterocycles. The normalized spacial score (nSPS) is 19.2. The minimum absolute atomic E-state index is 0.000306. The van der Waals surface area contributed by atoms with Crippen molar-refractivity contribution in [3.63, 3.8) is 0 Å². The standard InChI is InChI=1S/C12H15NO4/c1-7-4-9(17-8-2-3-16-6-8)5-10(11(7)13)12(14)15/h4-5,8H,2-3,6,13H2,1H3,(H,14,15). The molecule has 17 heavy (non-hydrogen) atoms. The van der Waals surface area contributed by atoms with Crippen molar-refractivity contribution in [2.24, 2.45) is 0 Å². The summed E-state index contributed by atoms with van der Waals surface area (Å²) in [5, 5.41) is 9.02. The highest BCUT2D eigenvalue weighted by Crippen LogP contribution is 2.26. The van der Waals surface area contributed by atoms with Crippen molar-refractivity contribution in [2.45, 2.75) is 19.4 Å². The van der Waals surface area contributed by atoms with E-state index in [-0.39, 0.29) is 17.4 Å².